The van der Waals surface area contributed by atoms with E-state index in [9.17, 15) is 9.59 Å². The highest BCUT2D eigenvalue weighted by atomic mass is 32.2. The second kappa shape index (κ2) is 10.3. The molecule has 0 aliphatic rings. The maximum absolute atomic E-state index is 12.2. The molecule has 0 radical (unpaired) electrons. The van der Waals surface area contributed by atoms with Crippen molar-refractivity contribution in [2.45, 2.75) is 30.8 Å². The van der Waals surface area contributed by atoms with E-state index in [2.05, 4.69) is 11.8 Å². The Morgan fingerprint density at radius 1 is 1.08 bits per heavy atom. The zero-order chi connectivity index (χ0) is 18.8. The van der Waals surface area contributed by atoms with Crippen molar-refractivity contribution in [1.82, 2.24) is 0 Å². The Balaban J connectivity index is 1.96. The molecule has 2 aromatic carbocycles. The van der Waals surface area contributed by atoms with Crippen molar-refractivity contribution < 1.29 is 19.1 Å². The van der Waals surface area contributed by atoms with E-state index in [1.165, 1.54) is 7.11 Å². The fourth-order valence-corrected chi connectivity index (χ4v) is 2.91. The summed E-state index contributed by atoms with van der Waals surface area (Å²) in [5.41, 5.74) is 1.27. The van der Waals surface area contributed by atoms with Crippen LogP contribution in [-0.2, 0) is 9.47 Å². The van der Waals surface area contributed by atoms with Gasteiger partial charge in [-0.2, -0.15) is 0 Å². The van der Waals surface area contributed by atoms with Crippen LogP contribution in [0, 0.1) is 11.8 Å². The molecule has 2 rings (SSSR count). The summed E-state index contributed by atoms with van der Waals surface area (Å²) in [5, 5.41) is -0.463. The Bertz CT molecular complexity index is 806. The molecule has 0 spiro atoms. The van der Waals surface area contributed by atoms with Gasteiger partial charge in [0.2, 0.25) is 0 Å². The normalized spacial score (nSPS) is 11.0. The standard InChI is InChI=1S/C21H20O4S/c1-3-17(13-9-12-16-10-5-4-6-11-16)25-21(23)26-19-15-8-7-14-18(19)20(22)24-2/h4-8,10-11,14-15,17H,3,13H2,1-2H3. The SMILES string of the molecule is CCC(CC#Cc1ccccc1)OC(=O)Sc1ccccc1C(=O)OC. The van der Waals surface area contributed by atoms with Gasteiger partial charge >= 0.3 is 11.3 Å². The van der Waals surface area contributed by atoms with Gasteiger partial charge in [0.25, 0.3) is 0 Å². The van der Waals surface area contributed by atoms with Crippen LogP contribution in [0.15, 0.2) is 59.5 Å². The molecule has 1 unspecified atom stereocenters. The zero-order valence-corrected chi connectivity index (χ0v) is 15.5. The number of methoxy groups -OCH3 is 1. The van der Waals surface area contributed by atoms with Crippen LogP contribution < -0.4 is 0 Å². The van der Waals surface area contributed by atoms with Gasteiger partial charge in [-0.15, -0.1) is 0 Å². The van der Waals surface area contributed by atoms with Crippen molar-refractivity contribution >= 4 is 23.0 Å². The highest BCUT2D eigenvalue weighted by Gasteiger charge is 2.18. The fourth-order valence-electron chi connectivity index (χ4n) is 2.14. The molecule has 0 saturated carbocycles. The lowest BCUT2D eigenvalue weighted by Crippen LogP contribution is -2.14. The van der Waals surface area contributed by atoms with E-state index >= 15 is 0 Å². The molecule has 5 heteroatoms. The Hall–Kier alpha value is -2.71. The minimum atomic E-state index is -0.485. The van der Waals surface area contributed by atoms with Crippen LogP contribution in [0.5, 0.6) is 0 Å². The molecule has 0 bridgehead atoms. The molecular formula is C21H20O4S. The Kier molecular flexibility index (Phi) is 7.78. The topological polar surface area (TPSA) is 52.6 Å². The molecule has 0 N–H and O–H groups in total. The van der Waals surface area contributed by atoms with Gasteiger partial charge in [-0.1, -0.05) is 49.1 Å². The number of hydrogen-bond acceptors (Lipinski definition) is 5. The maximum Gasteiger partial charge on any atom is 0.372 e. The summed E-state index contributed by atoms with van der Waals surface area (Å²) in [6.45, 7) is 1.94. The summed E-state index contributed by atoms with van der Waals surface area (Å²) in [5.74, 6) is 5.62. The molecule has 0 aromatic heterocycles. The van der Waals surface area contributed by atoms with Crippen LogP contribution in [0.4, 0.5) is 4.79 Å². The minimum Gasteiger partial charge on any atom is -0.465 e. The first-order valence-electron chi connectivity index (χ1n) is 8.23. The van der Waals surface area contributed by atoms with Gasteiger partial charge in [-0.3, -0.25) is 0 Å². The van der Waals surface area contributed by atoms with Gasteiger partial charge in [-0.25, -0.2) is 9.59 Å². The van der Waals surface area contributed by atoms with E-state index in [1.807, 2.05) is 37.3 Å². The molecule has 0 heterocycles. The first kappa shape index (κ1) is 19.6. The molecular weight excluding hydrogens is 348 g/mol. The van der Waals surface area contributed by atoms with Crippen molar-refractivity contribution in [3.63, 3.8) is 0 Å². The van der Waals surface area contributed by atoms with Crippen LogP contribution in [0.2, 0.25) is 0 Å². The Morgan fingerprint density at radius 2 is 1.77 bits per heavy atom. The molecule has 0 aliphatic heterocycles. The fraction of sp³-hybridized carbons (Fsp3) is 0.238. The number of hydrogen-bond donors (Lipinski definition) is 0. The third-order valence-corrected chi connectivity index (χ3v) is 4.38. The van der Waals surface area contributed by atoms with Gasteiger partial charge in [0.15, 0.2) is 0 Å². The number of benzene rings is 2. The van der Waals surface area contributed by atoms with Gasteiger partial charge in [0, 0.05) is 16.9 Å². The molecule has 4 nitrogen and oxygen atoms in total. The highest BCUT2D eigenvalue weighted by Crippen LogP contribution is 2.26. The third-order valence-electron chi connectivity index (χ3n) is 3.54. The van der Waals surface area contributed by atoms with Crippen molar-refractivity contribution in [2.24, 2.45) is 0 Å². The number of esters is 1. The second-order valence-corrected chi connectivity index (χ2v) is 6.34. The molecule has 1 atom stereocenters. The van der Waals surface area contributed by atoms with Crippen molar-refractivity contribution in [1.29, 1.82) is 0 Å². The molecule has 0 fully saturated rings. The average Bonchev–Trinajstić information content (AvgIpc) is 2.67. The van der Waals surface area contributed by atoms with E-state index < -0.39 is 11.3 Å². The van der Waals surface area contributed by atoms with E-state index in [4.69, 9.17) is 9.47 Å². The predicted molar refractivity (Wildman–Crippen MR) is 102 cm³/mol. The van der Waals surface area contributed by atoms with Gasteiger partial charge in [0.1, 0.15) is 6.10 Å². The zero-order valence-electron chi connectivity index (χ0n) is 14.7. The lowest BCUT2D eigenvalue weighted by atomic mass is 10.2. The molecule has 26 heavy (non-hydrogen) atoms. The molecule has 0 aliphatic carbocycles. The first-order chi connectivity index (χ1) is 12.6. The largest absolute Gasteiger partial charge is 0.465 e. The molecule has 134 valence electrons. The third kappa shape index (κ3) is 5.98. The monoisotopic (exact) mass is 368 g/mol. The van der Waals surface area contributed by atoms with Gasteiger partial charge in [-0.05, 0) is 42.4 Å². The summed E-state index contributed by atoms with van der Waals surface area (Å²) in [6.07, 6.45) is 0.821. The van der Waals surface area contributed by atoms with Crippen LogP contribution >= 0.6 is 11.8 Å². The number of rotatable bonds is 5. The summed E-state index contributed by atoms with van der Waals surface area (Å²) in [4.78, 5) is 24.5. The van der Waals surface area contributed by atoms with Gasteiger partial charge in [0.05, 0.1) is 12.7 Å². The van der Waals surface area contributed by atoms with E-state index in [1.54, 1.807) is 24.3 Å². The van der Waals surface area contributed by atoms with Crippen molar-refractivity contribution in [3.8, 4) is 11.8 Å². The van der Waals surface area contributed by atoms with Gasteiger partial charge < -0.3 is 9.47 Å². The average molecular weight is 368 g/mol. The van der Waals surface area contributed by atoms with E-state index in [-0.39, 0.29) is 6.10 Å². The summed E-state index contributed by atoms with van der Waals surface area (Å²) in [7, 11) is 1.31. The van der Waals surface area contributed by atoms with E-state index in [0.29, 0.717) is 23.3 Å². The smallest absolute Gasteiger partial charge is 0.372 e. The number of carbonyl (C=O) groups is 2. The van der Waals surface area contributed by atoms with E-state index in [0.717, 1.165) is 17.3 Å². The predicted octanol–water partition coefficient (Wildman–Crippen LogP) is 4.92. The Morgan fingerprint density at radius 3 is 2.46 bits per heavy atom. The number of ether oxygens (including phenoxy) is 2. The quantitative estimate of drug-likeness (QED) is 0.426. The first-order valence-corrected chi connectivity index (χ1v) is 9.05. The lowest BCUT2D eigenvalue weighted by Gasteiger charge is -2.13. The van der Waals surface area contributed by atoms with Crippen LogP contribution in [0.25, 0.3) is 0 Å². The molecule has 0 saturated heterocycles. The highest BCUT2D eigenvalue weighted by molar-refractivity contribution is 8.13. The van der Waals surface area contributed by atoms with Crippen molar-refractivity contribution in [3.05, 3.63) is 65.7 Å². The summed E-state index contributed by atoms with van der Waals surface area (Å²) in [6, 6.07) is 16.4. The lowest BCUT2D eigenvalue weighted by molar-refractivity contribution is 0.0597. The second-order valence-electron chi connectivity index (χ2n) is 5.36. The van der Waals surface area contributed by atoms with Crippen LogP contribution in [-0.4, -0.2) is 24.5 Å². The minimum absolute atomic E-state index is 0.295. The number of carbonyl (C=O) groups excluding carboxylic acids is 2. The van der Waals surface area contributed by atoms with Crippen LogP contribution in [0.1, 0.15) is 35.7 Å². The molecule has 2 aromatic rings. The van der Waals surface area contributed by atoms with Crippen LogP contribution in [0.3, 0.4) is 0 Å². The molecule has 0 amide bonds. The summed E-state index contributed by atoms with van der Waals surface area (Å²) >= 11 is 0.877. The summed E-state index contributed by atoms with van der Waals surface area (Å²) < 4.78 is 10.2. The number of thioether (sulfide) groups is 1. The van der Waals surface area contributed by atoms with Crippen molar-refractivity contribution in [2.75, 3.05) is 7.11 Å². The Labute approximate surface area is 157 Å². The maximum atomic E-state index is 12.2.